The molecule has 0 spiro atoms. The van der Waals surface area contributed by atoms with Crippen LogP contribution < -0.4 is 10.1 Å². The van der Waals surface area contributed by atoms with Crippen LogP contribution in [0.1, 0.15) is 5.82 Å². The molecule has 2 aromatic heterocycles. The first-order valence-electron chi connectivity index (χ1n) is 7.97. The van der Waals surface area contributed by atoms with Crippen molar-refractivity contribution in [1.29, 1.82) is 0 Å². The van der Waals surface area contributed by atoms with E-state index < -0.39 is 0 Å². The number of rotatable bonds is 6. The van der Waals surface area contributed by atoms with E-state index in [4.69, 9.17) is 4.74 Å². The molecule has 0 saturated carbocycles. The summed E-state index contributed by atoms with van der Waals surface area (Å²) >= 11 is 1.28. The van der Waals surface area contributed by atoms with E-state index >= 15 is 0 Å². The van der Waals surface area contributed by atoms with Crippen molar-refractivity contribution in [2.75, 3.05) is 5.32 Å². The molecule has 130 valence electrons. The molecule has 0 aliphatic heterocycles. The maximum absolute atomic E-state index is 12.4. The number of imidazole rings is 1. The average molecular weight is 365 g/mol. The molecule has 0 aliphatic rings. The number of hydrogen-bond acceptors (Lipinski definition) is 6. The Labute approximate surface area is 153 Å². The molecule has 4 aromatic rings. The van der Waals surface area contributed by atoms with E-state index in [9.17, 15) is 4.79 Å². The first-order chi connectivity index (χ1) is 12.8. The molecule has 0 unspecified atom stereocenters. The van der Waals surface area contributed by atoms with Crippen molar-refractivity contribution in [2.45, 2.75) is 13.2 Å². The predicted molar refractivity (Wildman–Crippen MR) is 99.0 cm³/mol. The zero-order chi connectivity index (χ0) is 17.8. The highest BCUT2D eigenvalue weighted by atomic mass is 32.1. The molecule has 7 nitrogen and oxygen atoms in total. The van der Waals surface area contributed by atoms with Gasteiger partial charge in [0.2, 0.25) is 11.0 Å². The maximum atomic E-state index is 12.4. The highest BCUT2D eigenvalue weighted by Crippen LogP contribution is 2.19. The molecule has 4 rings (SSSR count). The highest BCUT2D eigenvalue weighted by Gasteiger charge is 2.15. The lowest BCUT2D eigenvalue weighted by Crippen LogP contribution is -2.20. The Morgan fingerprint density at radius 2 is 1.92 bits per heavy atom. The molecule has 0 radical (unpaired) electrons. The number of carbonyl (C=O) groups excluding carboxylic acids is 1. The van der Waals surface area contributed by atoms with Crippen LogP contribution in [0.4, 0.5) is 5.13 Å². The molecule has 8 heteroatoms. The molecule has 0 bridgehead atoms. The molecule has 1 amide bonds. The summed E-state index contributed by atoms with van der Waals surface area (Å²) in [6.07, 6.45) is 0. The van der Waals surface area contributed by atoms with E-state index in [0.717, 1.165) is 16.8 Å². The summed E-state index contributed by atoms with van der Waals surface area (Å²) in [5, 5.41) is 10.8. The van der Waals surface area contributed by atoms with Crippen LogP contribution in [0.25, 0.3) is 11.0 Å². The lowest BCUT2D eigenvalue weighted by molar-refractivity contribution is -0.116. The summed E-state index contributed by atoms with van der Waals surface area (Å²) in [6, 6.07) is 17.2. The number of aromatic nitrogens is 4. The molecule has 1 N–H and O–H groups in total. The Kier molecular flexibility index (Phi) is 4.57. The number of anilines is 1. The summed E-state index contributed by atoms with van der Waals surface area (Å²) < 4.78 is 7.67. The number of amides is 1. The van der Waals surface area contributed by atoms with Gasteiger partial charge in [-0.15, -0.1) is 10.2 Å². The fourth-order valence-corrected chi connectivity index (χ4v) is 3.07. The van der Waals surface area contributed by atoms with Crippen molar-refractivity contribution < 1.29 is 9.53 Å². The monoisotopic (exact) mass is 365 g/mol. The van der Waals surface area contributed by atoms with Gasteiger partial charge in [0, 0.05) is 0 Å². The minimum atomic E-state index is -0.189. The van der Waals surface area contributed by atoms with Crippen LogP contribution in [-0.2, 0) is 17.9 Å². The van der Waals surface area contributed by atoms with Gasteiger partial charge in [-0.05, 0) is 24.3 Å². The van der Waals surface area contributed by atoms with Crippen molar-refractivity contribution in [3.05, 3.63) is 65.9 Å². The minimum absolute atomic E-state index is 0.119. The van der Waals surface area contributed by atoms with Gasteiger partial charge in [-0.3, -0.25) is 10.1 Å². The number of benzene rings is 2. The highest BCUT2D eigenvalue weighted by molar-refractivity contribution is 7.13. The lowest BCUT2D eigenvalue weighted by Gasteiger charge is -2.10. The first-order valence-corrected chi connectivity index (χ1v) is 8.85. The summed E-state index contributed by atoms with van der Waals surface area (Å²) in [5.74, 6) is 1.25. The molecule has 0 aliphatic carbocycles. The fraction of sp³-hybridized carbons (Fsp3) is 0.111. The van der Waals surface area contributed by atoms with Crippen LogP contribution in [0.5, 0.6) is 5.75 Å². The van der Waals surface area contributed by atoms with Gasteiger partial charge in [0.1, 0.15) is 30.2 Å². The van der Waals surface area contributed by atoms with Gasteiger partial charge in [-0.2, -0.15) is 0 Å². The standard InChI is InChI=1S/C18H15N5O2S/c24-17(21-18-22-19-12-26-18)10-23-15-9-5-4-8-14(15)20-16(23)11-25-13-6-2-1-3-7-13/h1-9,12H,10-11H2,(H,21,22,24). The maximum Gasteiger partial charge on any atom is 0.246 e. The molecular formula is C18H15N5O2S. The second kappa shape index (κ2) is 7.32. The second-order valence-corrected chi connectivity index (χ2v) is 6.33. The fourth-order valence-electron chi connectivity index (χ4n) is 2.61. The third-order valence-electron chi connectivity index (χ3n) is 3.75. The van der Waals surface area contributed by atoms with Crippen LogP contribution in [0, 0.1) is 0 Å². The number of ether oxygens (including phenoxy) is 1. The summed E-state index contributed by atoms with van der Waals surface area (Å²) in [5.41, 5.74) is 3.27. The summed E-state index contributed by atoms with van der Waals surface area (Å²) in [7, 11) is 0. The third-order valence-corrected chi connectivity index (χ3v) is 4.36. The van der Waals surface area contributed by atoms with Crippen molar-refractivity contribution in [1.82, 2.24) is 19.7 Å². The number of hydrogen-bond donors (Lipinski definition) is 1. The van der Waals surface area contributed by atoms with Gasteiger partial charge in [0.05, 0.1) is 11.0 Å². The molecule has 0 atom stereocenters. The van der Waals surface area contributed by atoms with Crippen molar-refractivity contribution in [2.24, 2.45) is 0 Å². The summed E-state index contributed by atoms with van der Waals surface area (Å²) in [4.78, 5) is 17.0. The Morgan fingerprint density at radius 1 is 1.12 bits per heavy atom. The Morgan fingerprint density at radius 3 is 2.73 bits per heavy atom. The van der Waals surface area contributed by atoms with Crippen LogP contribution in [-0.4, -0.2) is 25.7 Å². The number of fused-ring (bicyclic) bond motifs is 1. The quantitative estimate of drug-likeness (QED) is 0.568. The van der Waals surface area contributed by atoms with Crippen molar-refractivity contribution >= 4 is 33.4 Å². The smallest absolute Gasteiger partial charge is 0.246 e. The summed E-state index contributed by atoms with van der Waals surface area (Å²) in [6.45, 7) is 0.387. The number of para-hydroxylation sites is 3. The predicted octanol–water partition coefficient (Wildman–Crippen LogP) is 3.11. The Balaban J connectivity index is 1.58. The Hall–Kier alpha value is -3.26. The lowest BCUT2D eigenvalue weighted by atomic mass is 10.3. The van der Waals surface area contributed by atoms with E-state index in [0.29, 0.717) is 11.0 Å². The van der Waals surface area contributed by atoms with E-state index in [1.165, 1.54) is 11.3 Å². The van der Waals surface area contributed by atoms with Crippen LogP contribution in [0.15, 0.2) is 60.1 Å². The molecule has 26 heavy (non-hydrogen) atoms. The number of nitrogens with zero attached hydrogens (tertiary/aromatic N) is 4. The topological polar surface area (TPSA) is 81.9 Å². The van der Waals surface area contributed by atoms with Crippen LogP contribution in [0.2, 0.25) is 0 Å². The van der Waals surface area contributed by atoms with E-state index in [1.54, 1.807) is 5.51 Å². The zero-order valence-corrected chi connectivity index (χ0v) is 14.5. The van der Waals surface area contributed by atoms with E-state index in [2.05, 4.69) is 20.5 Å². The number of nitrogens with one attached hydrogen (secondary N) is 1. The van der Waals surface area contributed by atoms with Crippen LogP contribution >= 0.6 is 11.3 Å². The van der Waals surface area contributed by atoms with Crippen molar-refractivity contribution in [3.63, 3.8) is 0 Å². The van der Waals surface area contributed by atoms with Gasteiger partial charge in [-0.1, -0.05) is 41.7 Å². The molecule has 2 heterocycles. The Bertz CT molecular complexity index is 1010. The molecular weight excluding hydrogens is 350 g/mol. The minimum Gasteiger partial charge on any atom is -0.486 e. The number of carbonyl (C=O) groups is 1. The van der Waals surface area contributed by atoms with Crippen LogP contribution in [0.3, 0.4) is 0 Å². The van der Waals surface area contributed by atoms with Crippen molar-refractivity contribution in [3.8, 4) is 5.75 Å². The largest absolute Gasteiger partial charge is 0.486 e. The average Bonchev–Trinajstić information content (AvgIpc) is 3.29. The second-order valence-electron chi connectivity index (χ2n) is 5.50. The first kappa shape index (κ1) is 16.2. The van der Waals surface area contributed by atoms with Gasteiger partial charge in [-0.25, -0.2) is 4.98 Å². The van der Waals surface area contributed by atoms with Gasteiger partial charge in [0.15, 0.2) is 0 Å². The van der Waals surface area contributed by atoms with E-state index in [1.807, 2.05) is 59.2 Å². The molecule has 0 saturated heterocycles. The zero-order valence-electron chi connectivity index (χ0n) is 13.7. The SMILES string of the molecule is O=C(Cn1c(COc2ccccc2)nc2ccccc21)Nc1nncs1. The van der Waals surface area contributed by atoms with Gasteiger partial charge < -0.3 is 9.30 Å². The van der Waals surface area contributed by atoms with E-state index in [-0.39, 0.29) is 19.1 Å². The van der Waals surface area contributed by atoms with Gasteiger partial charge in [0.25, 0.3) is 0 Å². The third kappa shape index (κ3) is 3.55. The van der Waals surface area contributed by atoms with Gasteiger partial charge >= 0.3 is 0 Å². The molecule has 0 fully saturated rings. The normalized spacial score (nSPS) is 10.8. The molecule has 2 aromatic carbocycles.